The smallest absolute Gasteiger partial charge is 0.271 e. The minimum atomic E-state index is -0.515. The van der Waals surface area contributed by atoms with Gasteiger partial charge in [0.15, 0.2) is 11.5 Å². The van der Waals surface area contributed by atoms with Crippen molar-refractivity contribution in [3.8, 4) is 11.5 Å². The Labute approximate surface area is 131 Å². The summed E-state index contributed by atoms with van der Waals surface area (Å²) in [6, 6.07) is 3.74. The zero-order valence-electron chi connectivity index (χ0n) is 10.8. The summed E-state index contributed by atoms with van der Waals surface area (Å²) in [5.41, 5.74) is 2.49. The fourth-order valence-electron chi connectivity index (χ4n) is 1.72. The van der Waals surface area contributed by atoms with E-state index in [2.05, 4.69) is 10.5 Å². The highest BCUT2D eigenvalue weighted by Gasteiger charge is 2.15. The van der Waals surface area contributed by atoms with Crippen LogP contribution in [0.2, 0.25) is 0 Å². The number of allylic oxidation sites excluding steroid dienone is 4. The number of phenolic OH excluding ortho intramolecular Hbond substituents is 2. The number of carbonyl (C=O) groups is 1. The Morgan fingerprint density at radius 1 is 1.33 bits per heavy atom. The lowest BCUT2D eigenvalue weighted by atomic mass is 10.0. The van der Waals surface area contributed by atoms with Crippen LogP contribution in [0.4, 0.5) is 0 Å². The second kappa shape index (κ2) is 6.65. The van der Waals surface area contributed by atoms with E-state index < -0.39 is 5.91 Å². The molecule has 1 aromatic carbocycles. The molecule has 1 aromatic rings. The van der Waals surface area contributed by atoms with Crippen LogP contribution in [-0.2, 0) is 0 Å². The predicted octanol–water partition coefficient (Wildman–Crippen LogP) is 3.08. The van der Waals surface area contributed by atoms with Crippen molar-refractivity contribution in [2.75, 3.05) is 0 Å². The zero-order chi connectivity index (χ0) is 15.4. The topological polar surface area (TPSA) is 81.9 Å². The quantitative estimate of drug-likeness (QED) is 0.453. The number of hydrazone groups is 1. The molecule has 0 fully saturated rings. The first-order chi connectivity index (χ1) is 9.99. The zero-order valence-corrected chi connectivity index (χ0v) is 12.3. The van der Waals surface area contributed by atoms with E-state index in [1.165, 1.54) is 18.3 Å². The van der Waals surface area contributed by atoms with Crippen molar-refractivity contribution in [2.24, 2.45) is 11.0 Å². The second-order valence-electron chi connectivity index (χ2n) is 4.36. The monoisotopic (exact) mass is 326 g/mol. The van der Waals surface area contributed by atoms with E-state index in [1.807, 2.05) is 6.08 Å². The van der Waals surface area contributed by atoms with Gasteiger partial charge in [-0.25, -0.2) is 5.43 Å². The molecule has 0 bridgehead atoms. The third-order valence-electron chi connectivity index (χ3n) is 2.87. The van der Waals surface area contributed by atoms with Gasteiger partial charge < -0.3 is 10.2 Å². The van der Waals surface area contributed by atoms with Crippen LogP contribution in [0.15, 0.2) is 45.5 Å². The van der Waals surface area contributed by atoms with Gasteiger partial charge in [0.1, 0.15) is 0 Å². The lowest BCUT2D eigenvalue weighted by molar-refractivity contribution is 0.0954. The van der Waals surface area contributed by atoms with E-state index in [4.69, 9.17) is 23.2 Å². The van der Waals surface area contributed by atoms with Crippen molar-refractivity contribution in [2.45, 2.75) is 6.42 Å². The van der Waals surface area contributed by atoms with Crippen molar-refractivity contribution < 1.29 is 15.0 Å². The molecule has 1 aliphatic rings. The number of rotatable bonds is 3. The van der Waals surface area contributed by atoms with Gasteiger partial charge in [0.2, 0.25) is 0 Å². The standard InChI is InChI=1S/C14H12Cl2N2O3/c15-10-3-1-2-9(13(10)16)7-17-18-14(21)8-4-5-11(19)12(20)6-8/h1,3-7,9,19-20H,2H2,(H,18,21)/b17-7+. The highest BCUT2D eigenvalue weighted by Crippen LogP contribution is 2.29. The molecule has 3 N–H and O–H groups in total. The normalized spacial score (nSPS) is 18.3. The number of amides is 1. The van der Waals surface area contributed by atoms with Crippen molar-refractivity contribution in [1.29, 1.82) is 0 Å². The summed E-state index contributed by atoms with van der Waals surface area (Å²) in [7, 11) is 0. The summed E-state index contributed by atoms with van der Waals surface area (Å²) in [5, 5.41) is 23.3. The SMILES string of the molecule is O=C(N/N=C/C1CC=CC(Cl)=C1Cl)c1ccc(O)c(O)c1. The first-order valence-corrected chi connectivity index (χ1v) is 6.82. The van der Waals surface area contributed by atoms with Gasteiger partial charge in [-0.3, -0.25) is 4.79 Å². The predicted molar refractivity (Wildman–Crippen MR) is 81.7 cm³/mol. The third-order valence-corrected chi connectivity index (χ3v) is 3.78. The van der Waals surface area contributed by atoms with Crippen LogP contribution in [0.5, 0.6) is 11.5 Å². The second-order valence-corrected chi connectivity index (χ2v) is 5.18. The number of benzene rings is 1. The van der Waals surface area contributed by atoms with Crippen molar-refractivity contribution in [3.05, 3.63) is 46.0 Å². The van der Waals surface area contributed by atoms with E-state index in [1.54, 1.807) is 6.08 Å². The van der Waals surface area contributed by atoms with Crippen LogP contribution >= 0.6 is 23.2 Å². The van der Waals surface area contributed by atoms with E-state index in [0.717, 1.165) is 6.07 Å². The summed E-state index contributed by atoms with van der Waals surface area (Å²) in [6.45, 7) is 0. The summed E-state index contributed by atoms with van der Waals surface area (Å²) in [6.07, 6.45) is 5.72. The molecular formula is C14H12Cl2N2O3. The van der Waals surface area contributed by atoms with Crippen molar-refractivity contribution in [3.63, 3.8) is 0 Å². The lowest BCUT2D eigenvalue weighted by Crippen LogP contribution is -2.18. The number of aromatic hydroxyl groups is 2. The van der Waals surface area contributed by atoms with E-state index in [0.29, 0.717) is 16.5 Å². The number of carbonyl (C=O) groups excluding carboxylic acids is 1. The maximum absolute atomic E-state index is 11.8. The van der Waals surface area contributed by atoms with Gasteiger partial charge >= 0.3 is 0 Å². The molecule has 1 unspecified atom stereocenters. The molecule has 7 heteroatoms. The molecule has 2 rings (SSSR count). The Morgan fingerprint density at radius 2 is 2.10 bits per heavy atom. The highest BCUT2D eigenvalue weighted by atomic mass is 35.5. The van der Waals surface area contributed by atoms with Gasteiger partial charge in [0, 0.05) is 22.7 Å². The number of hydrogen-bond donors (Lipinski definition) is 3. The first-order valence-electron chi connectivity index (χ1n) is 6.06. The summed E-state index contributed by atoms with van der Waals surface area (Å²) < 4.78 is 0. The Bertz CT molecular complexity index is 654. The minimum absolute atomic E-state index is 0.172. The molecule has 0 saturated carbocycles. The number of nitrogens with zero attached hydrogens (tertiary/aromatic N) is 1. The van der Waals surface area contributed by atoms with Gasteiger partial charge in [-0.1, -0.05) is 29.3 Å². The molecule has 0 heterocycles. The van der Waals surface area contributed by atoms with E-state index in [-0.39, 0.29) is 23.0 Å². The fraction of sp³-hybridized carbons (Fsp3) is 0.143. The molecule has 0 aliphatic heterocycles. The summed E-state index contributed by atoms with van der Waals surface area (Å²) in [4.78, 5) is 11.8. The Morgan fingerprint density at radius 3 is 2.81 bits per heavy atom. The Kier molecular flexibility index (Phi) is 4.88. The average molecular weight is 327 g/mol. The van der Waals surface area contributed by atoms with Crippen LogP contribution in [0.25, 0.3) is 0 Å². The molecule has 0 spiro atoms. The lowest BCUT2D eigenvalue weighted by Gasteiger charge is -2.13. The molecule has 0 aromatic heterocycles. The summed E-state index contributed by atoms with van der Waals surface area (Å²) in [5.74, 6) is -1.37. The third kappa shape index (κ3) is 3.77. The molecule has 1 aliphatic carbocycles. The number of phenols is 2. The van der Waals surface area contributed by atoms with Crippen molar-refractivity contribution >= 4 is 35.3 Å². The van der Waals surface area contributed by atoms with Crippen LogP contribution in [0, 0.1) is 5.92 Å². The number of halogens is 2. The summed E-state index contributed by atoms with van der Waals surface area (Å²) >= 11 is 11.9. The molecule has 21 heavy (non-hydrogen) atoms. The van der Waals surface area contributed by atoms with E-state index in [9.17, 15) is 15.0 Å². The largest absolute Gasteiger partial charge is 0.504 e. The molecule has 1 atom stereocenters. The Balaban J connectivity index is 1.99. The molecule has 0 saturated heterocycles. The maximum atomic E-state index is 11.8. The van der Waals surface area contributed by atoms with Gasteiger partial charge in [-0.05, 0) is 30.7 Å². The van der Waals surface area contributed by atoms with Crippen LogP contribution in [0.3, 0.4) is 0 Å². The molecule has 1 amide bonds. The number of hydrogen-bond acceptors (Lipinski definition) is 4. The fourth-order valence-corrected chi connectivity index (χ4v) is 2.16. The van der Waals surface area contributed by atoms with Crippen molar-refractivity contribution in [1.82, 2.24) is 5.43 Å². The molecular weight excluding hydrogens is 315 g/mol. The first kappa shape index (κ1) is 15.4. The highest BCUT2D eigenvalue weighted by molar-refractivity contribution is 6.41. The van der Waals surface area contributed by atoms with Gasteiger partial charge in [-0.2, -0.15) is 5.10 Å². The van der Waals surface area contributed by atoms with Crippen LogP contribution in [0.1, 0.15) is 16.8 Å². The molecule has 110 valence electrons. The average Bonchev–Trinajstić information content (AvgIpc) is 2.46. The van der Waals surface area contributed by atoms with Crippen LogP contribution < -0.4 is 5.43 Å². The maximum Gasteiger partial charge on any atom is 0.271 e. The van der Waals surface area contributed by atoms with Gasteiger partial charge in [0.05, 0.1) is 5.03 Å². The number of nitrogens with one attached hydrogen (secondary N) is 1. The molecule has 5 nitrogen and oxygen atoms in total. The molecule has 0 radical (unpaired) electrons. The Hall–Kier alpha value is -1.98. The van der Waals surface area contributed by atoms with Crippen LogP contribution in [-0.4, -0.2) is 22.3 Å². The minimum Gasteiger partial charge on any atom is -0.504 e. The van der Waals surface area contributed by atoms with E-state index >= 15 is 0 Å². The van der Waals surface area contributed by atoms with Gasteiger partial charge in [0.25, 0.3) is 5.91 Å². The van der Waals surface area contributed by atoms with Gasteiger partial charge in [-0.15, -0.1) is 0 Å².